The quantitative estimate of drug-likeness (QED) is 0.710. The lowest BCUT2D eigenvalue weighted by Crippen LogP contribution is -2.46. The van der Waals surface area contributed by atoms with E-state index in [1.807, 2.05) is 13.8 Å². The Labute approximate surface area is 95.1 Å². The Hall–Kier alpha value is -0.710. The highest BCUT2D eigenvalue weighted by molar-refractivity contribution is 7.81. The van der Waals surface area contributed by atoms with Gasteiger partial charge in [0.15, 0.2) is 0 Å². The number of carbonyl (C=O) groups excluding carboxylic acids is 1. The van der Waals surface area contributed by atoms with Crippen LogP contribution < -0.4 is 0 Å². The summed E-state index contributed by atoms with van der Waals surface area (Å²) < 4.78 is 0. The Morgan fingerprint density at radius 3 is 2.67 bits per heavy atom. The number of carboxylic acid groups (broad SMARTS) is 1. The van der Waals surface area contributed by atoms with Crippen LogP contribution in [0.15, 0.2) is 0 Å². The van der Waals surface area contributed by atoms with Gasteiger partial charge in [-0.05, 0) is 5.92 Å². The number of likely N-dealkylation sites (tertiary alicyclic amines) is 1. The number of rotatable bonds is 4. The van der Waals surface area contributed by atoms with Crippen molar-refractivity contribution in [2.75, 3.05) is 6.54 Å². The first-order chi connectivity index (χ1) is 6.97. The molecule has 0 spiro atoms. The molecule has 1 N–H and O–H groups in total. The van der Waals surface area contributed by atoms with Crippen LogP contribution >= 0.6 is 12.6 Å². The third-order valence-corrected chi connectivity index (χ3v) is 3.26. The monoisotopic (exact) mass is 231 g/mol. The lowest BCUT2D eigenvalue weighted by Gasteiger charge is -2.28. The molecule has 1 aliphatic rings. The topological polar surface area (TPSA) is 57.6 Å². The summed E-state index contributed by atoms with van der Waals surface area (Å²) >= 11 is 4.22. The van der Waals surface area contributed by atoms with Crippen LogP contribution in [-0.2, 0) is 9.59 Å². The Kier molecular flexibility index (Phi) is 4.02. The second kappa shape index (κ2) is 4.88. The zero-order valence-electron chi connectivity index (χ0n) is 9.01. The first kappa shape index (κ1) is 12.4. The molecule has 15 heavy (non-hydrogen) atoms. The highest BCUT2D eigenvalue weighted by Gasteiger charge is 2.38. The standard InChI is InChI=1S/C10H17NO3S/c1-3-6(2)9(10(13)14)11-5-7(15)4-8(11)12/h6-7,9,15H,3-5H2,1-2H3,(H,13,14)/t6-,7?,9+/m0/s1. The molecule has 1 amide bonds. The van der Waals surface area contributed by atoms with E-state index < -0.39 is 12.0 Å². The molecule has 1 saturated heterocycles. The van der Waals surface area contributed by atoms with Gasteiger partial charge < -0.3 is 10.0 Å². The zero-order valence-corrected chi connectivity index (χ0v) is 9.91. The van der Waals surface area contributed by atoms with Gasteiger partial charge in [0.2, 0.25) is 5.91 Å². The fraction of sp³-hybridized carbons (Fsp3) is 0.800. The number of hydrogen-bond acceptors (Lipinski definition) is 3. The Bertz CT molecular complexity index is 269. The molecule has 1 aliphatic heterocycles. The minimum atomic E-state index is -0.917. The third-order valence-electron chi connectivity index (χ3n) is 2.91. The van der Waals surface area contributed by atoms with Gasteiger partial charge in [-0.3, -0.25) is 4.79 Å². The van der Waals surface area contributed by atoms with Gasteiger partial charge in [0.1, 0.15) is 6.04 Å². The maximum Gasteiger partial charge on any atom is 0.326 e. The number of amides is 1. The molecule has 4 nitrogen and oxygen atoms in total. The van der Waals surface area contributed by atoms with E-state index in [0.29, 0.717) is 13.0 Å². The van der Waals surface area contributed by atoms with Gasteiger partial charge in [-0.2, -0.15) is 12.6 Å². The lowest BCUT2D eigenvalue weighted by molar-refractivity contribution is -0.150. The van der Waals surface area contributed by atoms with Gasteiger partial charge in [-0.1, -0.05) is 20.3 Å². The van der Waals surface area contributed by atoms with Gasteiger partial charge in [0.05, 0.1) is 0 Å². The summed E-state index contributed by atoms with van der Waals surface area (Å²) in [5.74, 6) is -1.03. The Balaban J connectivity index is 2.81. The average Bonchev–Trinajstić information content (AvgIpc) is 2.45. The summed E-state index contributed by atoms with van der Waals surface area (Å²) in [6, 6.07) is -0.695. The summed E-state index contributed by atoms with van der Waals surface area (Å²) in [5.41, 5.74) is 0. The van der Waals surface area contributed by atoms with Crippen LogP contribution in [0, 0.1) is 5.92 Å². The van der Waals surface area contributed by atoms with Crippen molar-refractivity contribution >= 4 is 24.5 Å². The van der Waals surface area contributed by atoms with Crippen molar-refractivity contribution < 1.29 is 14.7 Å². The van der Waals surface area contributed by atoms with Crippen LogP contribution in [0.4, 0.5) is 0 Å². The number of thiol groups is 1. The van der Waals surface area contributed by atoms with Crippen molar-refractivity contribution in [2.45, 2.75) is 38.0 Å². The van der Waals surface area contributed by atoms with Gasteiger partial charge in [0.25, 0.3) is 0 Å². The minimum Gasteiger partial charge on any atom is -0.480 e. The van der Waals surface area contributed by atoms with Crippen molar-refractivity contribution in [3.63, 3.8) is 0 Å². The second-order valence-electron chi connectivity index (χ2n) is 4.07. The van der Waals surface area contributed by atoms with Crippen molar-refractivity contribution in [2.24, 2.45) is 5.92 Å². The van der Waals surface area contributed by atoms with Gasteiger partial charge in [-0.25, -0.2) is 4.79 Å². The number of aliphatic carboxylic acids is 1. The molecular formula is C10H17NO3S. The van der Waals surface area contributed by atoms with Crippen molar-refractivity contribution in [3.8, 4) is 0 Å². The predicted octanol–water partition coefficient (Wildman–Crippen LogP) is 1.02. The molecule has 1 heterocycles. The number of hydrogen-bond donors (Lipinski definition) is 2. The molecule has 1 unspecified atom stereocenters. The second-order valence-corrected chi connectivity index (χ2v) is 4.80. The van der Waals surface area contributed by atoms with E-state index in [9.17, 15) is 9.59 Å². The van der Waals surface area contributed by atoms with Crippen LogP contribution in [0.1, 0.15) is 26.7 Å². The predicted molar refractivity (Wildman–Crippen MR) is 60.0 cm³/mol. The molecule has 3 atom stereocenters. The summed E-state index contributed by atoms with van der Waals surface area (Å²) in [5, 5.41) is 9.10. The average molecular weight is 231 g/mol. The van der Waals surface area contributed by atoms with Crippen LogP contribution in [0.5, 0.6) is 0 Å². The zero-order chi connectivity index (χ0) is 11.6. The van der Waals surface area contributed by atoms with E-state index in [1.165, 1.54) is 4.90 Å². The molecule has 0 aliphatic carbocycles. The van der Waals surface area contributed by atoms with E-state index in [1.54, 1.807) is 0 Å². The number of carboxylic acids is 1. The smallest absolute Gasteiger partial charge is 0.326 e. The van der Waals surface area contributed by atoms with Crippen LogP contribution in [0.25, 0.3) is 0 Å². The summed E-state index contributed by atoms with van der Waals surface area (Å²) in [7, 11) is 0. The third kappa shape index (κ3) is 2.65. The lowest BCUT2D eigenvalue weighted by atomic mass is 9.98. The van der Waals surface area contributed by atoms with E-state index in [4.69, 9.17) is 5.11 Å². The molecule has 0 saturated carbocycles. The largest absolute Gasteiger partial charge is 0.480 e. The van der Waals surface area contributed by atoms with Crippen molar-refractivity contribution in [1.82, 2.24) is 4.90 Å². The highest BCUT2D eigenvalue weighted by atomic mass is 32.1. The van der Waals surface area contributed by atoms with E-state index in [2.05, 4.69) is 12.6 Å². The molecule has 1 rings (SSSR count). The van der Waals surface area contributed by atoms with E-state index >= 15 is 0 Å². The molecule has 0 bridgehead atoms. The van der Waals surface area contributed by atoms with Gasteiger partial charge in [0, 0.05) is 18.2 Å². The minimum absolute atomic E-state index is 0.0231. The molecule has 1 fully saturated rings. The Morgan fingerprint density at radius 2 is 2.33 bits per heavy atom. The van der Waals surface area contributed by atoms with E-state index in [-0.39, 0.29) is 17.1 Å². The highest BCUT2D eigenvalue weighted by Crippen LogP contribution is 2.23. The summed E-state index contributed by atoms with van der Waals surface area (Å²) in [6.07, 6.45) is 1.10. The molecular weight excluding hydrogens is 214 g/mol. The molecule has 0 aromatic heterocycles. The summed E-state index contributed by atoms with van der Waals surface area (Å²) in [4.78, 5) is 24.1. The fourth-order valence-corrected chi connectivity index (χ4v) is 2.22. The number of nitrogens with zero attached hydrogens (tertiary/aromatic N) is 1. The first-order valence-corrected chi connectivity index (χ1v) is 5.69. The van der Waals surface area contributed by atoms with Crippen LogP contribution in [0.2, 0.25) is 0 Å². The maximum absolute atomic E-state index is 11.6. The SMILES string of the molecule is CC[C@H](C)[C@H](C(=O)O)N1CC(S)CC1=O. The van der Waals surface area contributed by atoms with Crippen LogP contribution in [0.3, 0.4) is 0 Å². The maximum atomic E-state index is 11.6. The fourth-order valence-electron chi connectivity index (χ4n) is 1.89. The normalized spacial score (nSPS) is 25.4. The molecule has 5 heteroatoms. The van der Waals surface area contributed by atoms with Gasteiger partial charge >= 0.3 is 5.97 Å². The first-order valence-electron chi connectivity index (χ1n) is 5.17. The van der Waals surface area contributed by atoms with Gasteiger partial charge in [-0.15, -0.1) is 0 Å². The molecule has 0 aromatic carbocycles. The molecule has 86 valence electrons. The van der Waals surface area contributed by atoms with Crippen molar-refractivity contribution in [3.05, 3.63) is 0 Å². The Morgan fingerprint density at radius 1 is 1.73 bits per heavy atom. The molecule has 0 radical (unpaired) electrons. The van der Waals surface area contributed by atoms with Crippen LogP contribution in [-0.4, -0.2) is 39.7 Å². The van der Waals surface area contributed by atoms with E-state index in [0.717, 1.165) is 6.42 Å². The molecule has 0 aromatic rings. The summed E-state index contributed by atoms with van der Waals surface area (Å²) in [6.45, 7) is 4.24. The number of carbonyl (C=O) groups is 2. The van der Waals surface area contributed by atoms with Crippen molar-refractivity contribution in [1.29, 1.82) is 0 Å².